The molecule has 0 aliphatic carbocycles. The highest BCUT2D eigenvalue weighted by Crippen LogP contribution is 2.33. The van der Waals surface area contributed by atoms with E-state index in [2.05, 4.69) is 0 Å². The smallest absolute Gasteiger partial charge is 0.143 e. The molecular formula is C10H13ClFNOS. The maximum atomic E-state index is 13.0. The van der Waals surface area contributed by atoms with Crippen molar-refractivity contribution in [3.63, 3.8) is 0 Å². The average molecular weight is 250 g/mol. The third-order valence-electron chi connectivity index (χ3n) is 1.92. The standard InChI is InChI=1S/C10H13ClFNOS/c1-6(2-3-14)15-10-4-7(11)8(12)5-9(10)13/h4-6,14H,2-3,13H2,1H3. The highest BCUT2D eigenvalue weighted by molar-refractivity contribution is 8.00. The minimum atomic E-state index is -0.506. The normalized spacial score (nSPS) is 12.8. The Balaban J connectivity index is 2.81. The van der Waals surface area contributed by atoms with Gasteiger partial charge in [0.05, 0.1) is 5.02 Å². The summed E-state index contributed by atoms with van der Waals surface area (Å²) in [6.45, 7) is 2.10. The topological polar surface area (TPSA) is 46.2 Å². The lowest BCUT2D eigenvalue weighted by Crippen LogP contribution is -2.01. The monoisotopic (exact) mass is 249 g/mol. The second kappa shape index (κ2) is 5.58. The van der Waals surface area contributed by atoms with Crippen LogP contribution in [0, 0.1) is 5.82 Å². The van der Waals surface area contributed by atoms with Gasteiger partial charge in [-0.25, -0.2) is 4.39 Å². The minimum Gasteiger partial charge on any atom is -0.398 e. The number of hydrogen-bond acceptors (Lipinski definition) is 3. The minimum absolute atomic E-state index is 0.0721. The Morgan fingerprint density at radius 1 is 1.60 bits per heavy atom. The van der Waals surface area contributed by atoms with Gasteiger partial charge in [0, 0.05) is 22.4 Å². The van der Waals surface area contributed by atoms with Gasteiger partial charge in [0.15, 0.2) is 0 Å². The van der Waals surface area contributed by atoms with Crippen LogP contribution in [-0.2, 0) is 0 Å². The summed E-state index contributed by atoms with van der Waals surface area (Å²) >= 11 is 7.13. The van der Waals surface area contributed by atoms with Gasteiger partial charge in [-0.3, -0.25) is 0 Å². The largest absolute Gasteiger partial charge is 0.398 e. The van der Waals surface area contributed by atoms with Gasteiger partial charge in [0.25, 0.3) is 0 Å². The van der Waals surface area contributed by atoms with Crippen molar-refractivity contribution in [3.8, 4) is 0 Å². The van der Waals surface area contributed by atoms with Crippen molar-refractivity contribution in [1.82, 2.24) is 0 Å². The van der Waals surface area contributed by atoms with Gasteiger partial charge in [0.1, 0.15) is 5.82 Å². The van der Waals surface area contributed by atoms with Gasteiger partial charge in [-0.05, 0) is 18.6 Å². The molecule has 5 heteroatoms. The van der Waals surface area contributed by atoms with Crippen molar-refractivity contribution in [2.45, 2.75) is 23.5 Å². The number of aliphatic hydroxyl groups excluding tert-OH is 1. The highest BCUT2D eigenvalue weighted by Gasteiger charge is 2.10. The van der Waals surface area contributed by atoms with E-state index in [9.17, 15) is 4.39 Å². The van der Waals surface area contributed by atoms with E-state index in [4.69, 9.17) is 22.4 Å². The molecule has 0 saturated carbocycles. The van der Waals surface area contributed by atoms with Crippen molar-refractivity contribution in [2.75, 3.05) is 12.3 Å². The first-order valence-electron chi connectivity index (χ1n) is 4.56. The predicted octanol–water partition coefficient (Wildman–Crippen LogP) is 2.92. The van der Waals surface area contributed by atoms with Crippen LogP contribution < -0.4 is 5.73 Å². The van der Waals surface area contributed by atoms with Crippen LogP contribution in [0.1, 0.15) is 13.3 Å². The van der Waals surface area contributed by atoms with Gasteiger partial charge < -0.3 is 10.8 Å². The van der Waals surface area contributed by atoms with Gasteiger partial charge >= 0.3 is 0 Å². The zero-order chi connectivity index (χ0) is 11.4. The molecule has 0 aliphatic rings. The summed E-state index contributed by atoms with van der Waals surface area (Å²) in [6, 6.07) is 2.74. The fourth-order valence-corrected chi connectivity index (χ4v) is 2.37. The molecule has 1 aromatic carbocycles. The Labute approximate surface area is 97.6 Å². The molecule has 0 aromatic heterocycles. The van der Waals surface area contributed by atoms with Gasteiger partial charge in [-0.15, -0.1) is 11.8 Å². The summed E-state index contributed by atoms with van der Waals surface area (Å²) in [7, 11) is 0. The van der Waals surface area contributed by atoms with E-state index in [0.29, 0.717) is 12.1 Å². The van der Waals surface area contributed by atoms with Crippen LogP contribution in [0.3, 0.4) is 0 Å². The SMILES string of the molecule is CC(CCO)Sc1cc(Cl)c(F)cc1N. The first-order valence-corrected chi connectivity index (χ1v) is 5.82. The summed E-state index contributed by atoms with van der Waals surface area (Å²) < 4.78 is 13.0. The second-order valence-corrected chi connectivity index (χ2v) is 5.13. The van der Waals surface area contributed by atoms with Crippen molar-refractivity contribution in [2.24, 2.45) is 0 Å². The zero-order valence-electron chi connectivity index (χ0n) is 8.34. The van der Waals surface area contributed by atoms with E-state index < -0.39 is 5.82 Å². The van der Waals surface area contributed by atoms with Gasteiger partial charge in [-0.1, -0.05) is 18.5 Å². The second-order valence-electron chi connectivity index (χ2n) is 3.24. The zero-order valence-corrected chi connectivity index (χ0v) is 9.91. The van der Waals surface area contributed by atoms with E-state index in [1.54, 1.807) is 0 Å². The fraction of sp³-hybridized carbons (Fsp3) is 0.400. The summed E-state index contributed by atoms with van der Waals surface area (Å²) in [4.78, 5) is 0.752. The van der Waals surface area contributed by atoms with Crippen LogP contribution in [0.15, 0.2) is 17.0 Å². The van der Waals surface area contributed by atoms with Gasteiger partial charge in [0.2, 0.25) is 0 Å². The molecular weight excluding hydrogens is 237 g/mol. The van der Waals surface area contributed by atoms with Gasteiger partial charge in [-0.2, -0.15) is 0 Å². The number of benzene rings is 1. The van der Waals surface area contributed by atoms with Crippen molar-refractivity contribution >= 4 is 29.1 Å². The number of rotatable bonds is 4. The van der Waals surface area contributed by atoms with E-state index in [0.717, 1.165) is 4.90 Å². The third kappa shape index (κ3) is 3.55. The van der Waals surface area contributed by atoms with E-state index in [1.165, 1.54) is 23.9 Å². The number of anilines is 1. The molecule has 0 amide bonds. The molecule has 0 bridgehead atoms. The van der Waals surface area contributed by atoms with E-state index in [1.807, 2.05) is 6.92 Å². The number of nitrogens with two attached hydrogens (primary N) is 1. The number of nitrogen functional groups attached to an aromatic ring is 1. The van der Waals surface area contributed by atoms with Crippen LogP contribution in [-0.4, -0.2) is 17.0 Å². The number of hydrogen-bond donors (Lipinski definition) is 2. The lowest BCUT2D eigenvalue weighted by atomic mass is 10.3. The summed E-state index contributed by atoms with van der Waals surface area (Å²) in [6.07, 6.45) is 0.666. The first kappa shape index (κ1) is 12.6. The highest BCUT2D eigenvalue weighted by atomic mass is 35.5. The lowest BCUT2D eigenvalue weighted by Gasteiger charge is -2.11. The molecule has 84 valence electrons. The van der Waals surface area contributed by atoms with Crippen LogP contribution >= 0.6 is 23.4 Å². The average Bonchev–Trinajstić information content (AvgIpc) is 2.14. The predicted molar refractivity (Wildman–Crippen MR) is 62.8 cm³/mol. The molecule has 0 aliphatic heterocycles. The Morgan fingerprint density at radius 2 is 2.27 bits per heavy atom. The molecule has 0 spiro atoms. The maximum Gasteiger partial charge on any atom is 0.143 e. The Hall–Kier alpha value is -0.450. The van der Waals surface area contributed by atoms with Crippen LogP contribution in [0.5, 0.6) is 0 Å². The fourth-order valence-electron chi connectivity index (χ4n) is 1.10. The quantitative estimate of drug-likeness (QED) is 0.637. The molecule has 15 heavy (non-hydrogen) atoms. The molecule has 1 atom stereocenters. The third-order valence-corrected chi connectivity index (χ3v) is 3.45. The molecule has 0 fully saturated rings. The molecule has 0 heterocycles. The Morgan fingerprint density at radius 3 is 2.87 bits per heavy atom. The van der Waals surface area contributed by atoms with Crippen molar-refractivity contribution < 1.29 is 9.50 Å². The molecule has 1 rings (SSSR count). The molecule has 0 radical (unpaired) electrons. The molecule has 3 N–H and O–H groups in total. The summed E-state index contributed by atoms with van der Waals surface area (Å²) in [5, 5.41) is 9.05. The van der Waals surface area contributed by atoms with E-state index in [-0.39, 0.29) is 16.9 Å². The Bertz CT molecular complexity index is 348. The van der Waals surface area contributed by atoms with Crippen LogP contribution in [0.4, 0.5) is 10.1 Å². The maximum absolute atomic E-state index is 13.0. The number of thioether (sulfide) groups is 1. The lowest BCUT2D eigenvalue weighted by molar-refractivity contribution is 0.289. The Kier molecular flexibility index (Phi) is 4.70. The van der Waals surface area contributed by atoms with E-state index >= 15 is 0 Å². The number of halogens is 2. The first-order chi connectivity index (χ1) is 7.04. The summed E-state index contributed by atoms with van der Waals surface area (Å²) in [5.74, 6) is -0.506. The van der Waals surface area contributed by atoms with Crippen molar-refractivity contribution in [1.29, 1.82) is 0 Å². The van der Waals surface area contributed by atoms with Crippen LogP contribution in [0.2, 0.25) is 5.02 Å². The van der Waals surface area contributed by atoms with Crippen LogP contribution in [0.25, 0.3) is 0 Å². The summed E-state index contributed by atoms with van der Waals surface area (Å²) in [5.41, 5.74) is 6.03. The van der Waals surface area contributed by atoms with Crippen molar-refractivity contribution in [3.05, 3.63) is 23.0 Å². The molecule has 1 aromatic rings. The molecule has 1 unspecified atom stereocenters. The molecule has 0 saturated heterocycles. The number of aliphatic hydroxyl groups is 1. The molecule has 2 nitrogen and oxygen atoms in total.